The maximum absolute atomic E-state index is 6.39. The number of pyridine rings is 1. The number of allylic oxidation sites excluding steroid dienone is 10. The molecular formula is C72H61N3O2. The molecule has 4 aromatic heterocycles. The molecule has 5 heteroatoms. The van der Waals surface area contributed by atoms with E-state index >= 15 is 0 Å². The first-order valence-electron chi connectivity index (χ1n) is 27.0. The van der Waals surface area contributed by atoms with Crippen LogP contribution in [-0.4, -0.2) is 14.1 Å². The summed E-state index contributed by atoms with van der Waals surface area (Å²) in [6, 6.07) is 48.9. The predicted molar refractivity (Wildman–Crippen MR) is 326 cm³/mol. The zero-order valence-electron chi connectivity index (χ0n) is 44.3. The van der Waals surface area contributed by atoms with Gasteiger partial charge in [0.15, 0.2) is 0 Å². The number of rotatable bonds is 13. The Labute approximate surface area is 451 Å². The standard InChI is InChI=1S/C72H61N3O2/c1-6-18-50(26-31-60-44-58-43-53(28-33-66(58)74(60)59-22-13-12-14-23-59)56-25-24-49(4)70(47-56)76-61-36-40-73-41-37-61)51-20-17-21-52(42-51)54-29-34-67-64(45-54)65-46-55(30-35-68(65)75(67)72(5)38-15-10-9-11-16-39-72)57-27-32-63-62(8-3)69(19-7-2)77-71(63)48-57/h7-8,10,13,15,17-37,40-48H,3,6,9,12,14,38-39H2,1-2,4-5H3/b15-10-,19-7-,31-26-,50-18+. The Hall–Kier alpha value is -9.11. The second kappa shape index (κ2) is 20.9. The lowest BCUT2D eigenvalue weighted by molar-refractivity contribution is 0.351. The molecule has 0 saturated carbocycles. The molecule has 0 N–H and O–H groups in total. The Morgan fingerprint density at radius 1 is 0.740 bits per heavy atom. The monoisotopic (exact) mass is 999 g/mol. The normalized spacial score (nSPS) is 16.3. The van der Waals surface area contributed by atoms with Gasteiger partial charge in [0.05, 0.1) is 11.1 Å². The molecule has 0 fully saturated rings. The van der Waals surface area contributed by atoms with Crippen molar-refractivity contribution in [1.29, 1.82) is 0 Å². The molecule has 0 spiro atoms. The number of aromatic nitrogens is 3. The molecule has 0 aliphatic heterocycles. The number of furan rings is 1. The number of hydrogen-bond acceptors (Lipinski definition) is 3. The highest BCUT2D eigenvalue weighted by molar-refractivity contribution is 6.11. The summed E-state index contributed by atoms with van der Waals surface area (Å²) in [4.78, 5) is 4.16. The molecular weight excluding hydrogens is 939 g/mol. The molecule has 5 nitrogen and oxygen atoms in total. The van der Waals surface area contributed by atoms with Crippen molar-refractivity contribution < 1.29 is 9.15 Å². The fraction of sp³-hybridized carbons (Fsp3) is 0.153. The van der Waals surface area contributed by atoms with Crippen LogP contribution in [-0.2, 0) is 5.54 Å². The van der Waals surface area contributed by atoms with E-state index in [4.69, 9.17) is 9.15 Å². The molecule has 77 heavy (non-hydrogen) atoms. The molecule has 0 saturated heterocycles. The van der Waals surface area contributed by atoms with Gasteiger partial charge in [-0.3, -0.25) is 4.98 Å². The summed E-state index contributed by atoms with van der Waals surface area (Å²) < 4.78 is 17.7. The highest BCUT2D eigenvalue weighted by Crippen LogP contribution is 2.43. The zero-order chi connectivity index (χ0) is 52.5. The van der Waals surface area contributed by atoms with Crippen LogP contribution in [0.2, 0.25) is 0 Å². The van der Waals surface area contributed by atoms with Gasteiger partial charge in [-0.25, -0.2) is 0 Å². The Kier molecular flexibility index (Phi) is 13.2. The van der Waals surface area contributed by atoms with Gasteiger partial charge in [-0.05, 0) is 194 Å². The Morgan fingerprint density at radius 2 is 1.47 bits per heavy atom. The van der Waals surface area contributed by atoms with Gasteiger partial charge in [0.1, 0.15) is 22.8 Å². The molecule has 4 heterocycles. The highest BCUT2D eigenvalue weighted by Gasteiger charge is 2.29. The minimum atomic E-state index is -0.240. The number of nitrogens with zero attached hydrogens (tertiary/aromatic N) is 3. The average Bonchev–Trinajstić information content (AvgIpc) is 4.28. The first kappa shape index (κ1) is 48.8. The SMILES string of the molecule is C=Cc1c(/C=C\C)oc2cc(-c3ccc4c(c3)c3cc(-c5cccc(C(/C=C\c6cc7cc(-c8ccc(C)c(Oc9ccncc9)c8)ccc7n6C6=CCCC=C6)=C/CC)c5)ccc3n4C3(C)CC#CC/C=C\C3)ccc12. The fourth-order valence-corrected chi connectivity index (χ4v) is 11.4. The van der Waals surface area contributed by atoms with Gasteiger partial charge in [-0.15, -0.1) is 5.92 Å². The van der Waals surface area contributed by atoms with E-state index in [1.807, 2.05) is 37.3 Å². The third-order valence-electron chi connectivity index (χ3n) is 15.3. The van der Waals surface area contributed by atoms with Crippen LogP contribution >= 0.6 is 0 Å². The average molecular weight is 1000 g/mol. The summed E-state index contributed by atoms with van der Waals surface area (Å²) in [6.45, 7) is 12.8. The lowest BCUT2D eigenvalue weighted by atomic mass is 9.91. The van der Waals surface area contributed by atoms with Crippen LogP contribution in [0, 0.1) is 18.8 Å². The topological polar surface area (TPSA) is 45.1 Å². The van der Waals surface area contributed by atoms with Crippen LogP contribution < -0.4 is 4.74 Å². The number of fused-ring (bicyclic) bond motifs is 5. The van der Waals surface area contributed by atoms with Crippen LogP contribution in [0.15, 0.2) is 205 Å². The van der Waals surface area contributed by atoms with Gasteiger partial charge < -0.3 is 18.3 Å². The van der Waals surface area contributed by atoms with Crippen molar-refractivity contribution in [1.82, 2.24) is 14.1 Å². The van der Waals surface area contributed by atoms with Gasteiger partial charge in [0.2, 0.25) is 0 Å². The van der Waals surface area contributed by atoms with Crippen molar-refractivity contribution >= 4 is 73.2 Å². The second-order valence-corrected chi connectivity index (χ2v) is 20.5. The van der Waals surface area contributed by atoms with Crippen LogP contribution in [0.1, 0.15) is 87.4 Å². The van der Waals surface area contributed by atoms with Gasteiger partial charge in [-0.2, -0.15) is 0 Å². The van der Waals surface area contributed by atoms with Gasteiger partial charge >= 0.3 is 0 Å². The van der Waals surface area contributed by atoms with Crippen molar-refractivity contribution in [3.8, 4) is 56.7 Å². The van der Waals surface area contributed by atoms with E-state index in [0.29, 0.717) is 0 Å². The molecule has 376 valence electrons. The maximum Gasteiger partial charge on any atom is 0.136 e. The van der Waals surface area contributed by atoms with E-state index < -0.39 is 0 Å². The molecule has 12 rings (SSSR count). The highest BCUT2D eigenvalue weighted by atomic mass is 16.5. The molecule has 0 bridgehead atoms. The van der Waals surface area contributed by atoms with Crippen LogP contribution in [0.5, 0.6) is 11.5 Å². The summed E-state index contributed by atoms with van der Waals surface area (Å²) in [7, 11) is 0. The van der Waals surface area contributed by atoms with Crippen LogP contribution in [0.25, 0.3) is 107 Å². The summed E-state index contributed by atoms with van der Waals surface area (Å²) in [5.41, 5.74) is 17.8. The lowest BCUT2D eigenvalue weighted by Crippen LogP contribution is -2.29. The molecule has 2 aliphatic rings. The van der Waals surface area contributed by atoms with Gasteiger partial charge in [0.25, 0.3) is 0 Å². The minimum absolute atomic E-state index is 0.240. The first-order chi connectivity index (χ1) is 37.8. The van der Waals surface area contributed by atoms with Gasteiger partial charge in [-0.1, -0.05) is 123 Å². The minimum Gasteiger partial charge on any atom is -0.457 e. The molecule has 0 radical (unpaired) electrons. The van der Waals surface area contributed by atoms with Crippen molar-refractivity contribution in [2.75, 3.05) is 0 Å². The first-order valence-corrected chi connectivity index (χ1v) is 27.0. The van der Waals surface area contributed by atoms with Crippen molar-refractivity contribution in [3.63, 3.8) is 0 Å². The van der Waals surface area contributed by atoms with Crippen molar-refractivity contribution in [2.45, 2.75) is 71.8 Å². The summed E-state index contributed by atoms with van der Waals surface area (Å²) >= 11 is 0. The van der Waals surface area contributed by atoms with E-state index in [1.54, 1.807) is 12.4 Å². The number of ether oxygens (including phenoxy) is 1. The fourth-order valence-electron chi connectivity index (χ4n) is 11.4. The Bertz CT molecular complexity index is 4210. The van der Waals surface area contributed by atoms with E-state index in [9.17, 15) is 0 Å². The molecule has 10 aromatic rings. The Morgan fingerprint density at radius 3 is 2.22 bits per heavy atom. The predicted octanol–water partition coefficient (Wildman–Crippen LogP) is 19.8. The summed E-state index contributed by atoms with van der Waals surface area (Å²) in [6.07, 6.45) is 33.2. The quantitative estimate of drug-likeness (QED) is 0.0657. The smallest absolute Gasteiger partial charge is 0.136 e. The lowest BCUT2D eigenvalue weighted by Gasteiger charge is -2.31. The maximum atomic E-state index is 6.39. The summed E-state index contributed by atoms with van der Waals surface area (Å²) in [5.74, 6) is 9.35. The number of aryl methyl sites for hydroxylation is 1. The van der Waals surface area contributed by atoms with Crippen LogP contribution in [0.3, 0.4) is 0 Å². The van der Waals surface area contributed by atoms with E-state index in [0.717, 1.165) is 106 Å². The van der Waals surface area contributed by atoms with E-state index in [2.05, 4.69) is 223 Å². The van der Waals surface area contributed by atoms with Gasteiger partial charge in [0, 0.05) is 74.8 Å². The van der Waals surface area contributed by atoms with Crippen LogP contribution in [0.4, 0.5) is 0 Å². The summed E-state index contributed by atoms with van der Waals surface area (Å²) in [5, 5.41) is 4.68. The third kappa shape index (κ3) is 9.42. The molecule has 1 unspecified atom stereocenters. The second-order valence-electron chi connectivity index (χ2n) is 20.5. The number of benzene rings is 6. The molecule has 1 atom stereocenters. The van der Waals surface area contributed by atoms with Crippen molar-refractivity contribution in [2.24, 2.45) is 0 Å². The largest absolute Gasteiger partial charge is 0.457 e. The number of hydrogen-bond donors (Lipinski definition) is 0. The van der Waals surface area contributed by atoms with E-state index in [-0.39, 0.29) is 5.54 Å². The molecule has 6 aromatic carbocycles. The van der Waals surface area contributed by atoms with Crippen molar-refractivity contribution in [3.05, 3.63) is 229 Å². The Balaban J connectivity index is 0.918. The van der Waals surface area contributed by atoms with E-state index in [1.165, 1.54) is 60.7 Å². The third-order valence-corrected chi connectivity index (χ3v) is 15.3. The molecule has 0 amide bonds. The zero-order valence-corrected chi connectivity index (χ0v) is 44.3. The molecule has 2 aliphatic carbocycles.